The predicted octanol–water partition coefficient (Wildman–Crippen LogP) is 11.8. The van der Waals surface area contributed by atoms with Crippen LogP contribution in [0, 0.1) is 0 Å². The highest BCUT2D eigenvalue weighted by atomic mass is 15.2. The second-order valence-electron chi connectivity index (χ2n) is 14.8. The van der Waals surface area contributed by atoms with Crippen LogP contribution >= 0.6 is 0 Å². The van der Waals surface area contributed by atoms with Crippen LogP contribution < -0.4 is 4.90 Å². The summed E-state index contributed by atoms with van der Waals surface area (Å²) in [6, 6.07) is 38.0. The van der Waals surface area contributed by atoms with Crippen molar-refractivity contribution < 1.29 is 4.58 Å². The molecule has 0 bridgehead atoms. The maximum atomic E-state index is 2.53. The van der Waals surface area contributed by atoms with Crippen LogP contribution in [0.3, 0.4) is 0 Å². The van der Waals surface area contributed by atoms with Crippen molar-refractivity contribution in [2.24, 2.45) is 0 Å². The molecule has 2 heteroatoms. The van der Waals surface area contributed by atoms with Gasteiger partial charge >= 0.3 is 0 Å². The molecule has 0 radical (unpaired) electrons. The Morgan fingerprint density at radius 2 is 1.31 bits per heavy atom. The number of hydrogen-bond donors (Lipinski definition) is 0. The van der Waals surface area contributed by atoms with Gasteiger partial charge in [-0.1, -0.05) is 111 Å². The van der Waals surface area contributed by atoms with Crippen molar-refractivity contribution in [3.05, 3.63) is 161 Å². The molecule has 0 fully saturated rings. The van der Waals surface area contributed by atoms with Crippen LogP contribution in [0.5, 0.6) is 0 Å². The summed E-state index contributed by atoms with van der Waals surface area (Å²) >= 11 is 0. The lowest BCUT2D eigenvalue weighted by Crippen LogP contribution is -2.27. The van der Waals surface area contributed by atoms with Crippen LogP contribution in [-0.2, 0) is 10.8 Å². The standard InChI is InChI=1S/C47H47N2/c1-7-48-39-28-24-32-16-12-14-20-37(32)44(39)46(3,4)41(48)30-26-35-22-23-36(43(35)34-18-10-9-11-19-34)27-31-42-47(5,6)45-38-21-15-13-17-33(38)25-29-40(45)49(42)8-2/h9-21,24-31H,7-8,22-23H2,1-6H3/q+1. The largest absolute Gasteiger partial charge is 0.344 e. The summed E-state index contributed by atoms with van der Waals surface area (Å²) in [5.41, 5.74) is 13.6. The zero-order valence-electron chi connectivity index (χ0n) is 29.8. The second kappa shape index (κ2) is 11.9. The first-order chi connectivity index (χ1) is 23.8. The van der Waals surface area contributed by atoms with Crippen LogP contribution in [0.15, 0.2) is 144 Å². The zero-order chi connectivity index (χ0) is 33.9. The van der Waals surface area contributed by atoms with Gasteiger partial charge in [-0.05, 0) is 108 Å². The van der Waals surface area contributed by atoms with E-state index in [0.29, 0.717) is 0 Å². The van der Waals surface area contributed by atoms with E-state index in [1.165, 1.54) is 77.7 Å². The Morgan fingerprint density at radius 3 is 2.00 bits per heavy atom. The molecular weight excluding hydrogens is 593 g/mol. The minimum atomic E-state index is -0.102. The Balaban J connectivity index is 1.22. The highest BCUT2D eigenvalue weighted by Gasteiger charge is 2.45. The lowest BCUT2D eigenvalue weighted by atomic mass is 9.79. The lowest BCUT2D eigenvalue weighted by Gasteiger charge is -2.26. The highest BCUT2D eigenvalue weighted by Crippen LogP contribution is 2.51. The topological polar surface area (TPSA) is 6.25 Å². The first-order valence-electron chi connectivity index (χ1n) is 18.1. The molecule has 5 aromatic carbocycles. The Morgan fingerprint density at radius 1 is 0.653 bits per heavy atom. The minimum Gasteiger partial charge on any atom is -0.344 e. The average molecular weight is 640 g/mol. The van der Waals surface area contributed by atoms with Crippen molar-refractivity contribution in [3.8, 4) is 0 Å². The summed E-state index contributed by atoms with van der Waals surface area (Å²) in [5.74, 6) is 0. The molecule has 0 saturated carbocycles. The summed E-state index contributed by atoms with van der Waals surface area (Å²) in [6.45, 7) is 16.0. The molecule has 244 valence electrons. The Labute approximate surface area is 292 Å². The van der Waals surface area contributed by atoms with E-state index in [-0.39, 0.29) is 10.8 Å². The van der Waals surface area contributed by atoms with E-state index in [4.69, 9.17) is 0 Å². The number of fused-ring (bicyclic) bond motifs is 6. The van der Waals surface area contributed by atoms with Gasteiger partial charge in [0.05, 0.1) is 5.41 Å². The van der Waals surface area contributed by atoms with E-state index in [1.54, 1.807) is 0 Å². The van der Waals surface area contributed by atoms with Gasteiger partial charge in [0.25, 0.3) is 0 Å². The molecule has 0 N–H and O–H groups in total. The molecule has 5 aromatic rings. The number of rotatable bonds is 6. The zero-order valence-corrected chi connectivity index (χ0v) is 29.8. The molecule has 0 aromatic heterocycles. The molecule has 8 rings (SSSR count). The minimum absolute atomic E-state index is 0.102. The van der Waals surface area contributed by atoms with Crippen molar-refractivity contribution >= 4 is 44.2 Å². The van der Waals surface area contributed by atoms with Gasteiger partial charge in [0, 0.05) is 41.1 Å². The van der Waals surface area contributed by atoms with Crippen molar-refractivity contribution in [3.63, 3.8) is 0 Å². The fourth-order valence-electron chi connectivity index (χ4n) is 9.15. The summed E-state index contributed by atoms with van der Waals surface area (Å²) in [4.78, 5) is 2.53. The number of hydrogen-bond acceptors (Lipinski definition) is 1. The van der Waals surface area contributed by atoms with E-state index in [0.717, 1.165) is 25.9 Å². The van der Waals surface area contributed by atoms with Crippen LogP contribution in [0.1, 0.15) is 71.1 Å². The molecule has 2 aliphatic heterocycles. The Kier molecular flexibility index (Phi) is 7.59. The summed E-state index contributed by atoms with van der Waals surface area (Å²) in [7, 11) is 0. The summed E-state index contributed by atoms with van der Waals surface area (Å²) < 4.78 is 2.53. The average Bonchev–Trinajstić information content (AvgIpc) is 3.70. The highest BCUT2D eigenvalue weighted by molar-refractivity contribution is 6.08. The SMILES string of the molecule is CCN1/C(=C/C=C2\CCC(/C=C/C3=[N+](CC)c4ccc5ccccc5c4C3(C)C)=C2c2ccccc2)C(C)(C)c2c1ccc1ccccc21. The molecule has 0 amide bonds. The first-order valence-corrected chi connectivity index (χ1v) is 18.1. The summed E-state index contributed by atoms with van der Waals surface area (Å²) in [5, 5.41) is 5.35. The van der Waals surface area contributed by atoms with E-state index < -0.39 is 0 Å². The van der Waals surface area contributed by atoms with Crippen molar-refractivity contribution in [2.45, 2.75) is 65.2 Å². The van der Waals surface area contributed by atoms with E-state index in [1.807, 2.05) is 0 Å². The lowest BCUT2D eigenvalue weighted by molar-refractivity contribution is -0.433. The van der Waals surface area contributed by atoms with E-state index in [2.05, 4.69) is 178 Å². The maximum Gasteiger partial charge on any atom is 0.210 e. The van der Waals surface area contributed by atoms with Crippen molar-refractivity contribution in [2.75, 3.05) is 18.0 Å². The third-order valence-electron chi connectivity index (χ3n) is 11.4. The van der Waals surface area contributed by atoms with Gasteiger partial charge in [0.15, 0.2) is 5.71 Å². The van der Waals surface area contributed by atoms with Gasteiger partial charge in [0.1, 0.15) is 6.54 Å². The fraction of sp³-hybridized carbons (Fsp3) is 0.255. The molecule has 1 aliphatic carbocycles. The van der Waals surface area contributed by atoms with E-state index in [9.17, 15) is 0 Å². The monoisotopic (exact) mass is 639 g/mol. The van der Waals surface area contributed by atoms with Gasteiger partial charge < -0.3 is 4.90 Å². The van der Waals surface area contributed by atoms with E-state index >= 15 is 0 Å². The number of allylic oxidation sites excluding steroid dienone is 8. The Bertz CT molecular complexity index is 2290. The second-order valence-corrected chi connectivity index (χ2v) is 14.8. The quantitative estimate of drug-likeness (QED) is 0.168. The molecule has 0 saturated heterocycles. The molecule has 0 unspecified atom stereocenters. The van der Waals surface area contributed by atoms with Crippen molar-refractivity contribution in [1.29, 1.82) is 0 Å². The number of likely N-dealkylation sites (N-methyl/N-ethyl adjacent to an activating group) is 1. The number of benzene rings is 5. The fourth-order valence-corrected chi connectivity index (χ4v) is 9.15. The van der Waals surface area contributed by atoms with Gasteiger partial charge in [-0.15, -0.1) is 0 Å². The van der Waals surface area contributed by atoms with Gasteiger partial charge in [0.2, 0.25) is 5.69 Å². The molecule has 2 nitrogen and oxygen atoms in total. The molecular formula is C47H47N2+. The van der Waals surface area contributed by atoms with Gasteiger partial charge in [-0.3, -0.25) is 0 Å². The molecule has 0 spiro atoms. The normalized spacial score (nSPS) is 19.8. The molecule has 2 heterocycles. The summed E-state index contributed by atoms with van der Waals surface area (Å²) in [6.07, 6.45) is 11.8. The number of nitrogens with zero attached hydrogens (tertiary/aromatic N) is 2. The van der Waals surface area contributed by atoms with Gasteiger partial charge in [-0.2, -0.15) is 4.58 Å². The van der Waals surface area contributed by atoms with Gasteiger partial charge in [-0.25, -0.2) is 0 Å². The van der Waals surface area contributed by atoms with Crippen LogP contribution in [0.25, 0.3) is 27.1 Å². The smallest absolute Gasteiger partial charge is 0.210 e. The number of anilines is 1. The molecule has 49 heavy (non-hydrogen) atoms. The van der Waals surface area contributed by atoms with Crippen molar-refractivity contribution in [1.82, 2.24) is 0 Å². The predicted molar refractivity (Wildman–Crippen MR) is 210 cm³/mol. The Hall–Kier alpha value is -4.95. The maximum absolute atomic E-state index is 2.53. The molecule has 3 aliphatic rings. The van der Waals surface area contributed by atoms with Crippen LogP contribution in [0.2, 0.25) is 0 Å². The van der Waals surface area contributed by atoms with Crippen LogP contribution in [-0.4, -0.2) is 23.4 Å². The first kappa shape index (κ1) is 31.3. The third kappa shape index (κ3) is 4.87. The molecule has 0 atom stereocenters. The third-order valence-corrected chi connectivity index (χ3v) is 11.4. The van der Waals surface area contributed by atoms with Crippen LogP contribution in [0.4, 0.5) is 11.4 Å².